The molecule has 13 rings (SSSR count). The highest BCUT2D eigenvalue weighted by Crippen LogP contribution is 2.50. The van der Waals surface area contributed by atoms with Gasteiger partial charge in [-0.15, -0.1) is 11.3 Å². The van der Waals surface area contributed by atoms with E-state index in [1.54, 1.807) is 0 Å². The first kappa shape index (κ1) is 41.4. The third-order valence-electron chi connectivity index (χ3n) is 13.9. The SMILES string of the molecule is c1ccc(-c2cccc(-c3ccccc3)c2N(c2ccc(-c3ccc4c(c3)c(-c3ccccc3)c(-c3ccccc3)c3ccccc34)cc2)c2cccc(-c3cccc4c3sc3ccccc34)c2)cc1. The number of thiophene rings is 1. The van der Waals surface area contributed by atoms with Gasteiger partial charge in [0.25, 0.3) is 0 Å². The van der Waals surface area contributed by atoms with E-state index in [0.717, 1.165) is 44.9 Å². The number of para-hydroxylation sites is 1. The number of nitrogens with zero attached hydrogens (tertiary/aromatic N) is 1. The molecule has 0 saturated heterocycles. The molecule has 70 heavy (non-hydrogen) atoms. The van der Waals surface area contributed by atoms with Gasteiger partial charge in [0.05, 0.1) is 5.69 Å². The molecule has 0 spiro atoms. The lowest BCUT2D eigenvalue weighted by Gasteiger charge is -2.31. The average molecular weight is 908 g/mol. The summed E-state index contributed by atoms with van der Waals surface area (Å²) in [5.74, 6) is 0. The van der Waals surface area contributed by atoms with Gasteiger partial charge in [-0.25, -0.2) is 0 Å². The first-order valence-electron chi connectivity index (χ1n) is 24.0. The minimum Gasteiger partial charge on any atom is -0.309 e. The minimum atomic E-state index is 1.07. The third kappa shape index (κ3) is 7.25. The fourth-order valence-electron chi connectivity index (χ4n) is 10.7. The molecule has 13 aromatic rings. The summed E-state index contributed by atoms with van der Waals surface area (Å²) >= 11 is 1.88. The Bertz CT molecular complexity index is 3970. The summed E-state index contributed by atoms with van der Waals surface area (Å²) < 4.78 is 2.61. The molecule has 1 heterocycles. The zero-order valence-electron chi connectivity index (χ0n) is 38.3. The first-order chi connectivity index (χ1) is 34.7. The van der Waals surface area contributed by atoms with Crippen LogP contribution in [-0.4, -0.2) is 0 Å². The Morgan fingerprint density at radius 2 is 0.714 bits per heavy atom. The van der Waals surface area contributed by atoms with E-state index >= 15 is 0 Å². The second-order valence-electron chi connectivity index (χ2n) is 17.9. The van der Waals surface area contributed by atoms with Crippen LogP contribution < -0.4 is 4.90 Å². The molecule has 0 aliphatic rings. The van der Waals surface area contributed by atoms with Crippen molar-refractivity contribution >= 4 is 70.1 Å². The Kier molecular flexibility index (Phi) is 10.5. The maximum atomic E-state index is 2.48. The Hall–Kier alpha value is -8.82. The van der Waals surface area contributed by atoms with Crippen molar-refractivity contribution in [1.82, 2.24) is 0 Å². The summed E-state index contributed by atoms with van der Waals surface area (Å²) in [5, 5.41) is 7.60. The van der Waals surface area contributed by atoms with E-state index in [9.17, 15) is 0 Å². The highest BCUT2D eigenvalue weighted by Gasteiger charge is 2.24. The second-order valence-corrected chi connectivity index (χ2v) is 19.0. The first-order valence-corrected chi connectivity index (χ1v) is 24.8. The van der Waals surface area contributed by atoms with Crippen molar-refractivity contribution in [2.75, 3.05) is 4.90 Å². The normalized spacial score (nSPS) is 11.4. The zero-order valence-corrected chi connectivity index (χ0v) is 39.2. The van der Waals surface area contributed by atoms with Crippen molar-refractivity contribution in [3.05, 3.63) is 273 Å². The topological polar surface area (TPSA) is 3.24 Å². The summed E-state index contributed by atoms with van der Waals surface area (Å²) in [6.45, 7) is 0. The molecular formula is C68H45NS. The lowest BCUT2D eigenvalue weighted by Crippen LogP contribution is -2.13. The number of hydrogen-bond acceptors (Lipinski definition) is 2. The maximum Gasteiger partial charge on any atom is 0.0618 e. The van der Waals surface area contributed by atoms with Crippen molar-refractivity contribution < 1.29 is 0 Å². The lowest BCUT2D eigenvalue weighted by molar-refractivity contribution is 1.28. The van der Waals surface area contributed by atoms with Crippen LogP contribution in [0.1, 0.15) is 0 Å². The highest BCUT2D eigenvalue weighted by atomic mass is 32.1. The van der Waals surface area contributed by atoms with E-state index in [4.69, 9.17) is 0 Å². The molecule has 0 fully saturated rings. The molecule has 0 saturated carbocycles. The maximum absolute atomic E-state index is 2.48. The molecule has 0 N–H and O–H groups in total. The molecule has 0 aliphatic carbocycles. The van der Waals surface area contributed by atoms with Gasteiger partial charge in [0.15, 0.2) is 0 Å². The van der Waals surface area contributed by atoms with E-state index in [1.807, 2.05) is 11.3 Å². The Morgan fingerprint density at radius 3 is 1.37 bits per heavy atom. The standard InChI is InChI=1S/C68H45NS/c1-5-20-47(21-6-1)55-33-18-34-56(48-22-7-2-8-23-48)67(55)69(54-29-17-28-52(44-54)57-35-19-36-62-60-31-15-16-37-64(60)70-68(57)62)53-41-38-46(39-42-53)51-40-43-59-58-30-13-14-32-61(58)65(49-24-9-3-10-25-49)66(63(59)45-51)50-26-11-4-12-27-50/h1-45H. The van der Waals surface area contributed by atoms with Crippen molar-refractivity contribution in [1.29, 1.82) is 0 Å². The number of benzene rings is 12. The van der Waals surface area contributed by atoms with Gasteiger partial charge in [0.2, 0.25) is 0 Å². The average Bonchev–Trinajstić information content (AvgIpc) is 3.83. The van der Waals surface area contributed by atoms with Crippen LogP contribution in [0.3, 0.4) is 0 Å². The van der Waals surface area contributed by atoms with Crippen LogP contribution in [-0.2, 0) is 0 Å². The lowest BCUT2D eigenvalue weighted by atomic mass is 9.84. The quantitative estimate of drug-likeness (QED) is 0.130. The van der Waals surface area contributed by atoms with Crippen LogP contribution in [0.4, 0.5) is 17.1 Å². The van der Waals surface area contributed by atoms with E-state index < -0.39 is 0 Å². The van der Waals surface area contributed by atoms with Crippen LogP contribution in [0.25, 0.3) is 108 Å². The van der Waals surface area contributed by atoms with Gasteiger partial charge in [0, 0.05) is 42.7 Å². The molecule has 2 heteroatoms. The van der Waals surface area contributed by atoms with Gasteiger partial charge < -0.3 is 4.90 Å². The van der Waals surface area contributed by atoms with E-state index in [2.05, 4.69) is 278 Å². The molecule has 0 radical (unpaired) electrons. The Balaban J connectivity index is 1.02. The summed E-state index contributed by atoms with van der Waals surface area (Å²) in [7, 11) is 0. The van der Waals surface area contributed by atoms with Crippen LogP contribution in [0.15, 0.2) is 273 Å². The summed E-state index contributed by atoms with van der Waals surface area (Å²) in [6, 6.07) is 100.0. The summed E-state index contributed by atoms with van der Waals surface area (Å²) in [4.78, 5) is 2.48. The molecule has 0 unspecified atom stereocenters. The van der Waals surface area contributed by atoms with Gasteiger partial charge in [-0.1, -0.05) is 237 Å². The number of hydrogen-bond donors (Lipinski definition) is 0. The Labute approximate surface area is 412 Å². The van der Waals surface area contributed by atoms with E-state index in [-0.39, 0.29) is 0 Å². The largest absolute Gasteiger partial charge is 0.309 e. The van der Waals surface area contributed by atoms with Gasteiger partial charge in [-0.2, -0.15) is 0 Å². The van der Waals surface area contributed by atoms with Gasteiger partial charge in [0.1, 0.15) is 0 Å². The molecule has 0 bridgehead atoms. The zero-order chi connectivity index (χ0) is 46.4. The van der Waals surface area contributed by atoms with Crippen LogP contribution in [0.5, 0.6) is 0 Å². The van der Waals surface area contributed by atoms with Crippen molar-refractivity contribution in [2.45, 2.75) is 0 Å². The predicted octanol–water partition coefficient (Wildman–Crippen LogP) is 19.8. The number of anilines is 3. The Morgan fingerprint density at radius 1 is 0.243 bits per heavy atom. The molecule has 1 nitrogen and oxygen atoms in total. The second kappa shape index (κ2) is 17.7. The predicted molar refractivity (Wildman–Crippen MR) is 302 cm³/mol. The highest BCUT2D eigenvalue weighted by molar-refractivity contribution is 7.26. The molecule has 328 valence electrons. The van der Waals surface area contributed by atoms with Crippen molar-refractivity contribution in [2.24, 2.45) is 0 Å². The van der Waals surface area contributed by atoms with Crippen LogP contribution in [0.2, 0.25) is 0 Å². The fraction of sp³-hybridized carbons (Fsp3) is 0. The molecule has 0 amide bonds. The molecule has 12 aromatic carbocycles. The van der Waals surface area contributed by atoms with Gasteiger partial charge in [-0.05, 0) is 114 Å². The van der Waals surface area contributed by atoms with Crippen LogP contribution in [0, 0.1) is 0 Å². The number of rotatable bonds is 9. The fourth-order valence-corrected chi connectivity index (χ4v) is 11.9. The molecule has 0 atom stereocenters. The van der Waals surface area contributed by atoms with E-state index in [1.165, 1.54) is 80.7 Å². The minimum absolute atomic E-state index is 1.07. The summed E-state index contributed by atoms with van der Waals surface area (Å²) in [6.07, 6.45) is 0. The third-order valence-corrected chi connectivity index (χ3v) is 15.1. The van der Waals surface area contributed by atoms with Gasteiger partial charge in [-0.3, -0.25) is 0 Å². The van der Waals surface area contributed by atoms with E-state index in [0.29, 0.717) is 0 Å². The number of fused-ring (bicyclic) bond motifs is 6. The smallest absolute Gasteiger partial charge is 0.0618 e. The van der Waals surface area contributed by atoms with Gasteiger partial charge >= 0.3 is 0 Å². The molecular weight excluding hydrogens is 863 g/mol. The summed E-state index contributed by atoms with van der Waals surface area (Å²) in [5.41, 5.74) is 17.6. The molecule has 1 aromatic heterocycles. The van der Waals surface area contributed by atoms with Crippen LogP contribution >= 0.6 is 11.3 Å². The molecule has 0 aliphatic heterocycles. The van der Waals surface area contributed by atoms with Crippen molar-refractivity contribution in [3.8, 4) is 66.8 Å². The monoisotopic (exact) mass is 907 g/mol. The van der Waals surface area contributed by atoms with Crippen molar-refractivity contribution in [3.63, 3.8) is 0 Å².